The zero-order valence-electron chi connectivity index (χ0n) is 21.4. The van der Waals surface area contributed by atoms with E-state index in [-0.39, 0.29) is 12.5 Å². The normalized spacial score (nSPS) is 16.6. The second kappa shape index (κ2) is 12.5. The van der Waals surface area contributed by atoms with Crippen molar-refractivity contribution >= 4 is 23.2 Å². The highest BCUT2D eigenvalue weighted by molar-refractivity contribution is 5.94. The Hall–Kier alpha value is -4.00. The number of carbonyl (C=O) groups is 1. The largest absolute Gasteiger partial charge is 0.375 e. The van der Waals surface area contributed by atoms with E-state index in [0.29, 0.717) is 23.7 Å². The molecule has 9 nitrogen and oxygen atoms in total. The fourth-order valence-corrected chi connectivity index (χ4v) is 4.93. The van der Waals surface area contributed by atoms with Crippen molar-refractivity contribution in [2.45, 2.75) is 37.9 Å². The summed E-state index contributed by atoms with van der Waals surface area (Å²) in [5, 5.41) is 17.9. The van der Waals surface area contributed by atoms with Gasteiger partial charge in [0.1, 0.15) is 6.54 Å². The number of rotatable bonds is 8. The number of nitriles is 1. The minimum atomic E-state index is -0.276. The fraction of sp³-hybridized carbons (Fsp3) is 0.379. The lowest BCUT2D eigenvalue weighted by Gasteiger charge is -2.36. The quantitative estimate of drug-likeness (QED) is 0.391. The van der Waals surface area contributed by atoms with Crippen molar-refractivity contribution in [1.29, 1.82) is 5.26 Å². The molecule has 2 aliphatic rings. The molecule has 5 rings (SSSR count). The number of piperidine rings is 2. The van der Waals surface area contributed by atoms with Crippen molar-refractivity contribution in [2.24, 2.45) is 0 Å². The number of benzene rings is 2. The van der Waals surface area contributed by atoms with Crippen LogP contribution in [-0.4, -0.2) is 60.8 Å². The monoisotopic (exact) mass is 511 g/mol. The van der Waals surface area contributed by atoms with Gasteiger partial charge in [0.05, 0.1) is 24.0 Å². The second-order valence-corrected chi connectivity index (χ2v) is 9.63. The highest BCUT2D eigenvalue weighted by Crippen LogP contribution is 2.26. The van der Waals surface area contributed by atoms with Crippen LogP contribution in [0.5, 0.6) is 0 Å². The molecule has 0 saturated carbocycles. The Labute approximate surface area is 223 Å². The third-order valence-electron chi connectivity index (χ3n) is 7.03. The van der Waals surface area contributed by atoms with Gasteiger partial charge in [-0.1, -0.05) is 12.1 Å². The van der Waals surface area contributed by atoms with Gasteiger partial charge in [0.25, 0.3) is 5.91 Å². The standard InChI is InChI=1S/C29H33N7O2/c30-14-18-32-28(37)22-3-1-21(2-4-22)27-11-17-33-29(35-27)34-23-5-7-24(8-6-23)36-19-12-26(13-20-36)38-25-9-15-31-16-10-25/h1-8,11,17,25-26,31H,9-10,12-13,15-16,18-20H2,(H,32,37)(H,33,34,35). The summed E-state index contributed by atoms with van der Waals surface area (Å²) in [6.45, 7) is 4.13. The number of nitrogens with zero attached hydrogens (tertiary/aromatic N) is 4. The van der Waals surface area contributed by atoms with Gasteiger partial charge in [0, 0.05) is 41.8 Å². The third-order valence-corrected chi connectivity index (χ3v) is 7.03. The Balaban J connectivity index is 1.15. The molecule has 3 aromatic rings. The van der Waals surface area contributed by atoms with Gasteiger partial charge >= 0.3 is 0 Å². The van der Waals surface area contributed by atoms with Gasteiger partial charge in [-0.05, 0) is 81.2 Å². The van der Waals surface area contributed by atoms with E-state index in [1.54, 1.807) is 18.3 Å². The summed E-state index contributed by atoms with van der Waals surface area (Å²) in [4.78, 5) is 23.4. The Morgan fingerprint density at radius 2 is 1.71 bits per heavy atom. The van der Waals surface area contributed by atoms with E-state index < -0.39 is 0 Å². The van der Waals surface area contributed by atoms with Gasteiger partial charge in [0.15, 0.2) is 0 Å². The van der Waals surface area contributed by atoms with Gasteiger partial charge in [0.2, 0.25) is 5.95 Å². The van der Waals surface area contributed by atoms with Crippen molar-refractivity contribution in [3.8, 4) is 17.3 Å². The molecule has 9 heteroatoms. The van der Waals surface area contributed by atoms with Crippen molar-refractivity contribution in [1.82, 2.24) is 20.6 Å². The number of ether oxygens (including phenoxy) is 1. The Morgan fingerprint density at radius 1 is 1.00 bits per heavy atom. The van der Waals surface area contributed by atoms with Gasteiger partial charge < -0.3 is 25.6 Å². The highest BCUT2D eigenvalue weighted by Gasteiger charge is 2.24. The molecule has 3 heterocycles. The molecule has 0 atom stereocenters. The lowest BCUT2D eigenvalue weighted by atomic mass is 10.0. The van der Waals surface area contributed by atoms with Crippen LogP contribution in [0, 0.1) is 11.3 Å². The van der Waals surface area contributed by atoms with Crippen LogP contribution in [0.4, 0.5) is 17.3 Å². The molecular formula is C29H33N7O2. The summed E-state index contributed by atoms with van der Waals surface area (Å²) in [5.74, 6) is 0.225. The zero-order chi connectivity index (χ0) is 26.2. The molecule has 0 bridgehead atoms. The van der Waals surface area contributed by atoms with E-state index in [1.165, 1.54) is 5.69 Å². The number of hydrogen-bond donors (Lipinski definition) is 3. The molecule has 2 saturated heterocycles. The molecule has 1 aromatic heterocycles. The summed E-state index contributed by atoms with van der Waals surface area (Å²) in [6, 6.07) is 19.2. The van der Waals surface area contributed by atoms with E-state index in [0.717, 1.165) is 68.8 Å². The average Bonchev–Trinajstić information content (AvgIpc) is 2.97. The van der Waals surface area contributed by atoms with Gasteiger partial charge in [-0.3, -0.25) is 4.79 Å². The van der Waals surface area contributed by atoms with Gasteiger partial charge in [-0.15, -0.1) is 0 Å². The molecule has 3 N–H and O–H groups in total. The molecule has 0 radical (unpaired) electrons. The lowest BCUT2D eigenvalue weighted by molar-refractivity contribution is -0.0363. The van der Waals surface area contributed by atoms with Crippen LogP contribution in [0.2, 0.25) is 0 Å². The van der Waals surface area contributed by atoms with E-state index in [2.05, 4.69) is 55.1 Å². The number of nitrogens with one attached hydrogen (secondary N) is 3. The molecule has 0 unspecified atom stereocenters. The van der Waals surface area contributed by atoms with Crippen LogP contribution in [0.25, 0.3) is 11.3 Å². The minimum absolute atomic E-state index is 0.0193. The minimum Gasteiger partial charge on any atom is -0.375 e. The Morgan fingerprint density at radius 3 is 2.42 bits per heavy atom. The topological polar surface area (TPSA) is 115 Å². The first-order valence-electron chi connectivity index (χ1n) is 13.2. The maximum Gasteiger partial charge on any atom is 0.252 e. The fourth-order valence-electron chi connectivity index (χ4n) is 4.93. The number of carbonyl (C=O) groups excluding carboxylic acids is 1. The van der Waals surface area contributed by atoms with Crippen molar-refractivity contribution in [3.63, 3.8) is 0 Å². The number of hydrogen-bond acceptors (Lipinski definition) is 8. The SMILES string of the molecule is N#CCNC(=O)c1ccc(-c2ccnc(Nc3ccc(N4CCC(OC5CCNCC5)CC4)cc3)n2)cc1. The van der Waals surface area contributed by atoms with Gasteiger partial charge in [-0.25, -0.2) is 9.97 Å². The first-order chi connectivity index (χ1) is 18.7. The number of amides is 1. The predicted molar refractivity (Wildman–Crippen MR) is 147 cm³/mol. The maximum absolute atomic E-state index is 12.0. The van der Waals surface area contributed by atoms with E-state index >= 15 is 0 Å². The van der Waals surface area contributed by atoms with Crippen LogP contribution >= 0.6 is 0 Å². The first-order valence-corrected chi connectivity index (χ1v) is 13.2. The van der Waals surface area contributed by atoms with Crippen LogP contribution in [-0.2, 0) is 4.74 Å². The van der Waals surface area contributed by atoms with Crippen LogP contribution in [0.15, 0.2) is 60.8 Å². The molecule has 0 spiro atoms. The predicted octanol–water partition coefficient (Wildman–Crippen LogP) is 3.88. The van der Waals surface area contributed by atoms with Crippen molar-refractivity contribution in [3.05, 3.63) is 66.4 Å². The van der Waals surface area contributed by atoms with E-state index in [9.17, 15) is 4.79 Å². The maximum atomic E-state index is 12.0. The Kier molecular flexibility index (Phi) is 8.43. The third kappa shape index (κ3) is 6.65. The Bertz CT molecular complexity index is 1240. The second-order valence-electron chi connectivity index (χ2n) is 9.63. The number of aromatic nitrogens is 2. The molecule has 38 heavy (non-hydrogen) atoms. The molecule has 196 valence electrons. The number of anilines is 3. The van der Waals surface area contributed by atoms with Crippen molar-refractivity contribution < 1.29 is 9.53 Å². The van der Waals surface area contributed by atoms with Crippen molar-refractivity contribution in [2.75, 3.05) is 42.9 Å². The summed E-state index contributed by atoms with van der Waals surface area (Å²) in [5.41, 5.74) is 4.24. The molecule has 2 aliphatic heterocycles. The molecule has 0 aliphatic carbocycles. The molecule has 2 aromatic carbocycles. The summed E-state index contributed by atoms with van der Waals surface area (Å²) < 4.78 is 6.35. The highest BCUT2D eigenvalue weighted by atomic mass is 16.5. The molecular weight excluding hydrogens is 478 g/mol. The molecule has 2 fully saturated rings. The van der Waals surface area contributed by atoms with Crippen LogP contribution in [0.1, 0.15) is 36.0 Å². The summed E-state index contributed by atoms with van der Waals surface area (Å²) >= 11 is 0. The van der Waals surface area contributed by atoms with E-state index in [4.69, 9.17) is 10.00 Å². The van der Waals surface area contributed by atoms with Crippen LogP contribution < -0.4 is 20.9 Å². The lowest BCUT2D eigenvalue weighted by Crippen LogP contribution is -2.40. The first kappa shape index (κ1) is 25.6. The smallest absolute Gasteiger partial charge is 0.252 e. The summed E-state index contributed by atoms with van der Waals surface area (Å²) in [6.07, 6.45) is 6.87. The summed E-state index contributed by atoms with van der Waals surface area (Å²) in [7, 11) is 0. The molecule has 1 amide bonds. The van der Waals surface area contributed by atoms with Gasteiger partial charge in [-0.2, -0.15) is 5.26 Å². The van der Waals surface area contributed by atoms with Crippen LogP contribution in [0.3, 0.4) is 0 Å². The zero-order valence-corrected chi connectivity index (χ0v) is 21.4. The average molecular weight is 512 g/mol. The van der Waals surface area contributed by atoms with E-state index in [1.807, 2.05) is 24.3 Å².